The first-order chi connectivity index (χ1) is 65.9. The van der Waals surface area contributed by atoms with Crippen molar-refractivity contribution < 1.29 is 0 Å². The molecular weight excluding hydrogens is 1630 g/mol. The monoisotopic (exact) mass is 1700 g/mol. The number of pyridine rings is 12. The van der Waals surface area contributed by atoms with Gasteiger partial charge in [-0.2, -0.15) is 0 Å². The number of nitrogens with zero attached hydrogens (tertiary/aromatic N) is 12. The topological polar surface area (TPSA) is 155 Å². The summed E-state index contributed by atoms with van der Waals surface area (Å²) in [7, 11) is 0. The van der Waals surface area contributed by atoms with E-state index in [0.29, 0.717) is 0 Å². The van der Waals surface area contributed by atoms with Crippen LogP contribution in [0.25, 0.3) is 285 Å². The Hall–Kier alpha value is -17.5. The Bertz CT molecular complexity index is 10000. The number of rotatable bonds is 7. The first-order valence-electron chi connectivity index (χ1n) is 45.7. The Morgan fingerprint density at radius 1 is 0.164 bits per heavy atom. The molecule has 0 atom stereocenters. The van der Waals surface area contributed by atoms with Crippen LogP contribution in [0.2, 0.25) is 0 Å². The van der Waals surface area contributed by atoms with Gasteiger partial charge in [-0.3, -0.25) is 34.9 Å². The molecule has 0 N–H and O–H groups in total. The van der Waals surface area contributed by atoms with Gasteiger partial charge in [-0.25, -0.2) is 24.9 Å². The first kappa shape index (κ1) is 74.4. The van der Waals surface area contributed by atoms with Crippen LogP contribution in [0.1, 0.15) is 50.2 Å². The van der Waals surface area contributed by atoms with Crippen LogP contribution in [0.15, 0.2) is 365 Å². The fourth-order valence-electron chi connectivity index (χ4n) is 22.7. The predicted molar refractivity (Wildman–Crippen MR) is 551 cm³/mol. The highest BCUT2D eigenvalue weighted by atomic mass is 14.8. The smallest absolute Gasteiger partial charge is 0.0978 e. The summed E-state index contributed by atoms with van der Waals surface area (Å²) in [5.74, 6) is 0. The Balaban J connectivity index is 0.472. The molecule has 2 aliphatic rings. The van der Waals surface area contributed by atoms with E-state index in [1.807, 2.05) is 61.4 Å². The minimum atomic E-state index is -0.413. The average Bonchev–Trinajstić information content (AvgIpc) is 1.52. The maximum Gasteiger partial charge on any atom is 0.0978 e. The van der Waals surface area contributed by atoms with Crippen LogP contribution in [0.3, 0.4) is 0 Å². The van der Waals surface area contributed by atoms with Crippen molar-refractivity contribution in [3.05, 3.63) is 387 Å². The summed E-state index contributed by atoms with van der Waals surface area (Å²) < 4.78 is 0. The molecule has 0 fully saturated rings. The van der Waals surface area contributed by atoms with Crippen molar-refractivity contribution in [3.63, 3.8) is 0 Å². The van der Waals surface area contributed by atoms with E-state index < -0.39 is 10.8 Å². The van der Waals surface area contributed by atoms with Crippen LogP contribution in [0, 0.1) is 0 Å². The van der Waals surface area contributed by atoms with Crippen molar-refractivity contribution in [2.75, 3.05) is 0 Å². The first-order valence-corrected chi connectivity index (χ1v) is 45.7. The summed E-state index contributed by atoms with van der Waals surface area (Å²) in [4.78, 5) is 63.7. The quantitative estimate of drug-likeness (QED) is 0.139. The number of hydrogen-bond acceptors (Lipinski definition) is 12. The van der Waals surface area contributed by atoms with Crippen LogP contribution in [0.5, 0.6) is 0 Å². The molecule has 12 heteroatoms. The van der Waals surface area contributed by atoms with E-state index in [0.717, 1.165) is 275 Å². The van der Waals surface area contributed by atoms with Crippen molar-refractivity contribution >= 4 is 185 Å². The van der Waals surface area contributed by atoms with Gasteiger partial charge in [-0.05, 0) is 225 Å². The third kappa shape index (κ3) is 10.7. The Morgan fingerprint density at radius 3 is 1.10 bits per heavy atom. The summed E-state index contributed by atoms with van der Waals surface area (Å²) in [6.45, 7) is 9.23. The average molecular weight is 1710 g/mol. The molecule has 0 aliphatic heterocycles. The minimum Gasteiger partial charge on any atom is -0.256 e. The van der Waals surface area contributed by atoms with E-state index in [4.69, 9.17) is 59.8 Å². The molecule has 0 amide bonds. The third-order valence-electron chi connectivity index (χ3n) is 29.3. The normalized spacial score (nSPS) is 13.3. The van der Waals surface area contributed by atoms with Crippen molar-refractivity contribution in [1.29, 1.82) is 0 Å². The lowest BCUT2D eigenvalue weighted by Gasteiger charge is -2.21. The second kappa shape index (κ2) is 27.5. The highest BCUT2D eigenvalue weighted by Crippen LogP contribution is 2.55. The van der Waals surface area contributed by atoms with Gasteiger partial charge in [0.1, 0.15) is 0 Å². The zero-order valence-electron chi connectivity index (χ0n) is 73.0. The molecule has 620 valence electrons. The maximum absolute atomic E-state index is 5.74. The number of benzene rings is 15. The van der Waals surface area contributed by atoms with Gasteiger partial charge in [0.05, 0.1) is 101 Å². The van der Waals surface area contributed by atoms with Crippen molar-refractivity contribution in [3.8, 4) is 101 Å². The van der Waals surface area contributed by atoms with Gasteiger partial charge in [-0.15, -0.1) is 0 Å². The second-order valence-corrected chi connectivity index (χ2v) is 37.3. The molecule has 0 unspecified atom stereocenters. The van der Waals surface area contributed by atoms with Crippen molar-refractivity contribution in [2.45, 2.75) is 38.5 Å². The fourth-order valence-corrected chi connectivity index (χ4v) is 22.7. The molecule has 12 nitrogen and oxygen atoms in total. The summed E-state index contributed by atoms with van der Waals surface area (Å²) in [5.41, 5.74) is 32.0. The fraction of sp³-hybridized carbons (Fsp3) is 0.0492. The Kier molecular flexibility index (Phi) is 15.3. The summed E-state index contributed by atoms with van der Waals surface area (Å²) >= 11 is 0. The Morgan fingerprint density at radius 2 is 0.515 bits per heavy atom. The van der Waals surface area contributed by atoms with E-state index in [1.54, 1.807) is 0 Å². The number of aromatic nitrogens is 12. The number of fused-ring (bicyclic) bond motifs is 39. The highest BCUT2D eigenvalue weighted by Gasteiger charge is 2.40. The van der Waals surface area contributed by atoms with Gasteiger partial charge in [-0.1, -0.05) is 234 Å². The molecule has 0 radical (unpaired) electrons. The van der Waals surface area contributed by atoms with E-state index >= 15 is 0 Å². The van der Waals surface area contributed by atoms with Gasteiger partial charge in [0, 0.05) is 152 Å². The van der Waals surface area contributed by atoms with Crippen LogP contribution in [-0.4, -0.2) is 59.8 Å². The molecule has 0 bridgehead atoms. The van der Waals surface area contributed by atoms with E-state index in [-0.39, 0.29) is 0 Å². The third-order valence-corrected chi connectivity index (χ3v) is 29.3. The van der Waals surface area contributed by atoms with Gasteiger partial charge in [0.2, 0.25) is 0 Å². The summed E-state index contributed by atoms with van der Waals surface area (Å²) in [5, 5.41) is 25.1. The molecule has 27 aromatic rings. The van der Waals surface area contributed by atoms with Crippen LogP contribution < -0.4 is 0 Å². The Labute approximate surface area is 765 Å². The largest absolute Gasteiger partial charge is 0.256 e. The van der Waals surface area contributed by atoms with Gasteiger partial charge >= 0.3 is 0 Å². The highest BCUT2D eigenvalue weighted by molar-refractivity contribution is 6.30. The molecule has 29 rings (SSSR count). The van der Waals surface area contributed by atoms with Crippen molar-refractivity contribution in [2.24, 2.45) is 0 Å². The molecule has 0 saturated heterocycles. The van der Waals surface area contributed by atoms with Crippen LogP contribution in [-0.2, 0) is 10.8 Å². The predicted octanol–water partition coefficient (Wildman–Crippen LogP) is 30.3. The van der Waals surface area contributed by atoms with E-state index in [9.17, 15) is 0 Å². The molecule has 2 aliphatic carbocycles. The molecule has 0 saturated carbocycles. The number of hydrogen-bond donors (Lipinski definition) is 0. The van der Waals surface area contributed by atoms with Gasteiger partial charge < -0.3 is 0 Å². The zero-order chi connectivity index (χ0) is 88.2. The molecular formula is C122H72N12. The molecule has 12 heterocycles. The van der Waals surface area contributed by atoms with Gasteiger partial charge in [0.25, 0.3) is 0 Å². The lowest BCUT2D eigenvalue weighted by Crippen LogP contribution is -2.17. The van der Waals surface area contributed by atoms with Gasteiger partial charge in [0.15, 0.2) is 0 Å². The molecule has 12 aromatic heterocycles. The van der Waals surface area contributed by atoms with Crippen LogP contribution >= 0.6 is 0 Å². The maximum atomic E-state index is 5.74. The molecule has 15 aromatic carbocycles. The van der Waals surface area contributed by atoms with E-state index in [1.165, 1.54) is 33.0 Å². The lowest BCUT2D eigenvalue weighted by atomic mass is 9.84. The van der Waals surface area contributed by atoms with Crippen molar-refractivity contribution in [1.82, 2.24) is 59.8 Å². The summed E-state index contributed by atoms with van der Waals surface area (Å²) in [6.07, 6.45) is 11.5. The minimum absolute atomic E-state index is 0.401. The second-order valence-electron chi connectivity index (χ2n) is 37.3. The summed E-state index contributed by atoms with van der Waals surface area (Å²) in [6, 6.07) is 118. The zero-order valence-corrected chi connectivity index (χ0v) is 73.0. The SMILES string of the molecule is CC1(C)c2cc(-c3ccc4c5ccccc5c5cccnc5c4n3)ccc2-c2cc3c4ccccc4c4cc(-c5cccc(-c6ccc7c8ccc(-c9ccc%10c(c9)c9ccc(-c%11cnc%12c(c%11)c%11ccccc%11c%11cc%13c(nc%11%12)C(C)(C)c%11cc(-c%12ccc(-c%14ccc%15ccc%16cccnc%16c%15n%14)cc%12)ccc%11-%13)nc9c9ncccc%109)cc8c8cccnc8c7n6)c5)ncc4c3nc21. The molecule has 0 spiro atoms. The standard InChI is InChI=1S/C122H72N12/c1-121(2)101-58-71(65-28-30-66(31-29-65)103-46-38-68-33-32-67-18-12-50-123-108(67)109(68)129-103)36-41-84(101)99-61-97-81-24-10-9-23-80(81)95-57-75(63-128-114(95)118(97)134-120(99)121)106-49-45-91-93-56-70(34-39-82(93)87-26-14-52-125-112(87)117(91)132-106)69-35-40-83-90-44-47-104(130-116(90)113-88(92(83)55-69)27-15-53-126-113)72-16-11-17-73(54-72)107-62-94-78-21-7-8-22-79(78)96-60-98-85-42-37-74(59-102(85)122(3,4)119(98)133-110(96)100(94)64-127-107)105-48-43-89-77-20-6-5-19-76(77)86-25-13-51-124-111(86)115(89)131-105/h5-64H,1-4H3. The van der Waals surface area contributed by atoms with E-state index in [2.05, 4.69) is 331 Å². The lowest BCUT2D eigenvalue weighted by molar-refractivity contribution is 0.640. The van der Waals surface area contributed by atoms with Crippen LogP contribution in [0.4, 0.5) is 0 Å². The molecule has 134 heavy (non-hydrogen) atoms.